The summed E-state index contributed by atoms with van der Waals surface area (Å²) in [5.74, 6) is -3.53. The Bertz CT molecular complexity index is 1800. The van der Waals surface area contributed by atoms with Crippen LogP contribution in [0.2, 0.25) is 0 Å². The highest BCUT2D eigenvalue weighted by molar-refractivity contribution is 6.08. The lowest BCUT2D eigenvalue weighted by Crippen LogP contribution is -2.58. The van der Waals surface area contributed by atoms with Crippen LogP contribution in [0.15, 0.2) is 53.6 Å². The van der Waals surface area contributed by atoms with E-state index in [9.17, 15) is 33.6 Å². The fraction of sp³-hybridized carbons (Fsp3) is 0.474. The highest BCUT2D eigenvalue weighted by atomic mass is 16.6. The Morgan fingerprint density at radius 3 is 2.16 bits per heavy atom. The quantitative estimate of drug-likeness (QED) is 0.0864. The van der Waals surface area contributed by atoms with E-state index in [1.165, 1.54) is 4.90 Å². The lowest BCUT2D eigenvalue weighted by Gasteiger charge is -2.29. The Morgan fingerprint density at radius 2 is 1.53 bits per heavy atom. The number of urea groups is 1. The maximum atomic E-state index is 14.4. The summed E-state index contributed by atoms with van der Waals surface area (Å²) >= 11 is 0. The van der Waals surface area contributed by atoms with Crippen LogP contribution in [0.4, 0.5) is 15.3 Å². The number of benzene rings is 2. The van der Waals surface area contributed by atoms with Gasteiger partial charge in [0.1, 0.15) is 35.9 Å². The number of hydrazone groups is 1. The number of amides is 6. The molecule has 1 unspecified atom stereocenters. The molecule has 4 rings (SSSR count). The minimum Gasteiger partial charge on any atom is -0.460 e. The van der Waals surface area contributed by atoms with Crippen LogP contribution in [-0.2, 0) is 57.6 Å². The normalized spacial score (nSPS) is 17.6. The van der Waals surface area contributed by atoms with Crippen molar-refractivity contribution in [1.82, 2.24) is 21.4 Å². The number of nitrogens with two attached hydrogens (primary N) is 1. The van der Waals surface area contributed by atoms with E-state index in [0.29, 0.717) is 17.7 Å². The monoisotopic (exact) mass is 763 g/mol. The zero-order chi connectivity index (χ0) is 40.5. The highest BCUT2D eigenvalue weighted by Gasteiger charge is 2.45. The molecule has 0 spiro atoms. The fourth-order valence-electron chi connectivity index (χ4n) is 6.09. The Morgan fingerprint density at radius 1 is 0.891 bits per heavy atom. The molecule has 0 aliphatic carbocycles. The number of ether oxygens (including phenoxy) is 3. The first-order valence-electron chi connectivity index (χ1n) is 17.8. The Labute approximate surface area is 319 Å². The largest absolute Gasteiger partial charge is 0.460 e. The summed E-state index contributed by atoms with van der Waals surface area (Å²) in [6.07, 6.45) is -0.164. The summed E-state index contributed by atoms with van der Waals surface area (Å²) in [5, 5.41) is 11.5. The smallest absolute Gasteiger partial charge is 0.408 e. The number of hydrogen-bond acceptors (Lipinski definition) is 11. The van der Waals surface area contributed by atoms with Gasteiger partial charge in [-0.1, -0.05) is 48.5 Å². The van der Waals surface area contributed by atoms with Gasteiger partial charge in [0.25, 0.3) is 0 Å². The van der Waals surface area contributed by atoms with Crippen molar-refractivity contribution in [2.75, 3.05) is 4.90 Å². The molecule has 2 aromatic rings. The molecule has 6 N–H and O–H groups in total. The molecular formula is C38H49N7O10. The Kier molecular flexibility index (Phi) is 13.6. The van der Waals surface area contributed by atoms with E-state index in [0.717, 1.165) is 17.3 Å². The number of nitrogens with one attached hydrogen (secondary N) is 4. The third-order valence-corrected chi connectivity index (χ3v) is 8.20. The van der Waals surface area contributed by atoms with E-state index in [2.05, 4.69) is 21.1 Å². The van der Waals surface area contributed by atoms with Gasteiger partial charge in [0.2, 0.25) is 17.7 Å². The molecule has 6 amide bonds. The van der Waals surface area contributed by atoms with Gasteiger partial charge >= 0.3 is 24.1 Å². The molecule has 0 bridgehead atoms. The molecule has 0 radical (unpaired) electrons. The summed E-state index contributed by atoms with van der Waals surface area (Å²) in [4.78, 5) is 93.2. The van der Waals surface area contributed by atoms with E-state index in [1.54, 1.807) is 77.9 Å². The zero-order valence-corrected chi connectivity index (χ0v) is 31.8. The molecule has 4 atom stereocenters. The number of carbonyl (C=O) groups is 7. The first kappa shape index (κ1) is 41.8. The van der Waals surface area contributed by atoms with Crippen LogP contribution < -0.4 is 32.0 Å². The van der Waals surface area contributed by atoms with Crippen LogP contribution >= 0.6 is 0 Å². The molecule has 0 fully saturated rings. The van der Waals surface area contributed by atoms with Crippen LogP contribution in [0.25, 0.3) is 0 Å². The number of anilines is 1. The highest BCUT2D eigenvalue weighted by Crippen LogP contribution is 2.39. The topological polar surface area (TPSA) is 237 Å². The molecule has 2 aromatic carbocycles. The predicted octanol–water partition coefficient (Wildman–Crippen LogP) is 2.27. The first-order valence-corrected chi connectivity index (χ1v) is 17.8. The standard InChI is InChI=1S/C38H49N7O10/c1-37(2,3)54-29(46)18-25(20-40-44-35(39)51)41-33(49)28-17-24-14-10-13-23-15-16-26(34(50)45(28)31(23)24)42-32(48)27(19-30(47)55-38(4,5)6)43-36(52)53-21-22-11-8-7-9-12-22/h7-14,20,25-28H,15-19,21H2,1-6H3,(H,41,49)(H,42,48)(H,43,52)(H3,39,44,51)/b40-20+/t25?,26-,27+,28-/m0/s1. The van der Waals surface area contributed by atoms with Gasteiger partial charge < -0.3 is 35.9 Å². The number of carbonyl (C=O) groups excluding carboxylic acids is 7. The number of para-hydroxylation sites is 1. The summed E-state index contributed by atoms with van der Waals surface area (Å²) in [7, 11) is 0. The van der Waals surface area contributed by atoms with Crippen molar-refractivity contribution < 1.29 is 47.8 Å². The Hall–Kier alpha value is -6.00. The summed E-state index contributed by atoms with van der Waals surface area (Å²) in [5.41, 5.74) is 8.15. The molecule has 2 heterocycles. The summed E-state index contributed by atoms with van der Waals surface area (Å²) in [6, 6.07) is 8.48. The van der Waals surface area contributed by atoms with E-state index >= 15 is 0 Å². The van der Waals surface area contributed by atoms with Crippen molar-refractivity contribution in [1.29, 1.82) is 0 Å². The van der Waals surface area contributed by atoms with Gasteiger partial charge in [-0.3, -0.25) is 28.9 Å². The third-order valence-electron chi connectivity index (χ3n) is 8.20. The van der Waals surface area contributed by atoms with E-state index in [4.69, 9.17) is 19.9 Å². The van der Waals surface area contributed by atoms with Crippen molar-refractivity contribution in [2.45, 2.75) is 116 Å². The Balaban J connectivity index is 1.55. The maximum Gasteiger partial charge on any atom is 0.408 e. The van der Waals surface area contributed by atoms with Gasteiger partial charge in [0.05, 0.1) is 24.6 Å². The molecule has 17 nitrogen and oxygen atoms in total. The van der Waals surface area contributed by atoms with Crippen molar-refractivity contribution in [3.05, 3.63) is 65.2 Å². The molecule has 0 saturated heterocycles. The van der Waals surface area contributed by atoms with Crippen LogP contribution in [0.3, 0.4) is 0 Å². The van der Waals surface area contributed by atoms with Gasteiger partial charge in [-0.2, -0.15) is 5.10 Å². The lowest BCUT2D eigenvalue weighted by molar-refractivity contribution is -0.157. The second kappa shape index (κ2) is 17.9. The molecule has 2 aliphatic heterocycles. The lowest BCUT2D eigenvalue weighted by atomic mass is 10.0. The number of alkyl carbamates (subject to hydrolysis) is 1. The van der Waals surface area contributed by atoms with E-state index < -0.39 is 83.6 Å². The van der Waals surface area contributed by atoms with Gasteiger partial charge in [-0.05, 0) is 71.1 Å². The van der Waals surface area contributed by atoms with Gasteiger partial charge in [-0.15, -0.1) is 0 Å². The van der Waals surface area contributed by atoms with Crippen molar-refractivity contribution in [3.8, 4) is 0 Å². The van der Waals surface area contributed by atoms with Crippen LogP contribution in [0, 0.1) is 0 Å². The molecule has 296 valence electrons. The van der Waals surface area contributed by atoms with Gasteiger partial charge in [0.15, 0.2) is 0 Å². The van der Waals surface area contributed by atoms with Gasteiger partial charge in [0, 0.05) is 12.6 Å². The average Bonchev–Trinajstić information content (AvgIpc) is 3.41. The minimum absolute atomic E-state index is 0.0975. The molecule has 0 saturated carbocycles. The number of primary amides is 1. The fourth-order valence-corrected chi connectivity index (χ4v) is 6.09. The molecule has 2 aliphatic rings. The SMILES string of the molecule is CC(C)(C)OC(=O)CC(/C=N/NC(N)=O)NC(=O)[C@@H]1Cc2cccc3c2N1C(=O)[C@@H](NC(=O)[C@@H](CC(=O)OC(C)(C)C)NC(=O)OCc1ccccc1)CC3. The van der Waals surface area contributed by atoms with Gasteiger partial charge in [-0.25, -0.2) is 15.0 Å². The van der Waals surface area contributed by atoms with E-state index in [-0.39, 0.29) is 25.9 Å². The average molecular weight is 764 g/mol. The second-order valence-electron chi connectivity index (χ2n) is 15.2. The summed E-state index contributed by atoms with van der Waals surface area (Å²) in [6.45, 7) is 9.92. The zero-order valence-electron chi connectivity index (χ0n) is 31.8. The number of aryl methyl sites for hydroxylation is 1. The summed E-state index contributed by atoms with van der Waals surface area (Å²) < 4.78 is 16.1. The number of nitrogens with zero attached hydrogens (tertiary/aromatic N) is 2. The van der Waals surface area contributed by atoms with Crippen molar-refractivity contribution in [2.24, 2.45) is 10.8 Å². The van der Waals surface area contributed by atoms with Crippen molar-refractivity contribution >= 4 is 53.7 Å². The third kappa shape index (κ3) is 12.5. The number of hydrogen-bond donors (Lipinski definition) is 5. The molecular weight excluding hydrogens is 714 g/mol. The minimum atomic E-state index is -1.48. The second-order valence-corrected chi connectivity index (χ2v) is 15.2. The van der Waals surface area contributed by atoms with Crippen LogP contribution in [0.5, 0.6) is 0 Å². The predicted molar refractivity (Wildman–Crippen MR) is 199 cm³/mol. The maximum absolute atomic E-state index is 14.4. The first-order chi connectivity index (χ1) is 25.8. The van der Waals surface area contributed by atoms with Crippen LogP contribution in [0.1, 0.15) is 77.5 Å². The molecule has 55 heavy (non-hydrogen) atoms. The molecule has 0 aromatic heterocycles. The number of rotatable bonds is 13. The number of esters is 2. The van der Waals surface area contributed by atoms with Crippen molar-refractivity contribution in [3.63, 3.8) is 0 Å². The van der Waals surface area contributed by atoms with Crippen LogP contribution in [-0.4, -0.2) is 83.4 Å². The molecule has 17 heteroatoms. The van der Waals surface area contributed by atoms with E-state index in [1.807, 2.05) is 17.6 Å².